The minimum atomic E-state index is -3.92. The molecule has 1 heterocycles. The van der Waals surface area contributed by atoms with Gasteiger partial charge in [-0.05, 0) is 24.3 Å². The molecule has 0 aliphatic heterocycles. The van der Waals surface area contributed by atoms with E-state index in [0.29, 0.717) is 5.69 Å². The lowest BCUT2D eigenvalue weighted by Gasteiger charge is -2.14. The van der Waals surface area contributed by atoms with Crippen LogP contribution in [0.25, 0.3) is 0 Å². The molecule has 2 N–H and O–H groups in total. The number of aromatic nitrogens is 1. The molecule has 6 nitrogen and oxygen atoms in total. The maximum atomic E-state index is 12.4. The first kappa shape index (κ1) is 15.6. The fourth-order valence-electron chi connectivity index (χ4n) is 1.80. The summed E-state index contributed by atoms with van der Waals surface area (Å²) in [5.41, 5.74) is 0.599. The molecule has 0 fully saturated rings. The first-order chi connectivity index (χ1) is 9.97. The van der Waals surface area contributed by atoms with E-state index in [9.17, 15) is 13.5 Å². The number of benzene rings is 1. The van der Waals surface area contributed by atoms with Crippen LogP contribution >= 0.6 is 11.6 Å². The molecule has 2 rings (SSSR count). The second kappa shape index (κ2) is 6.30. The number of nitrogens with one attached hydrogen (secondary N) is 1. The molecule has 0 aliphatic carbocycles. The number of hydrogen-bond donors (Lipinski definition) is 2. The number of aliphatic hydroxyl groups excluding tert-OH is 1. The molecular formula is C13H13ClN2O4S. The van der Waals surface area contributed by atoms with Gasteiger partial charge in [-0.25, -0.2) is 8.42 Å². The molecule has 8 heteroatoms. The lowest BCUT2D eigenvalue weighted by Crippen LogP contribution is -2.15. The van der Waals surface area contributed by atoms with Crippen molar-refractivity contribution in [2.24, 2.45) is 0 Å². The Hall–Kier alpha value is -1.83. The van der Waals surface area contributed by atoms with Gasteiger partial charge < -0.3 is 9.84 Å². The fraction of sp³-hybridized carbons (Fsp3) is 0.154. The zero-order chi connectivity index (χ0) is 15.5. The molecule has 2 aromatic rings. The highest BCUT2D eigenvalue weighted by Gasteiger charge is 2.23. The van der Waals surface area contributed by atoms with Gasteiger partial charge in [-0.2, -0.15) is 0 Å². The van der Waals surface area contributed by atoms with E-state index in [2.05, 4.69) is 9.71 Å². The number of ether oxygens (including phenoxy) is 1. The molecule has 0 radical (unpaired) electrons. The molecule has 0 saturated heterocycles. The van der Waals surface area contributed by atoms with E-state index in [1.54, 1.807) is 12.1 Å². The molecule has 0 atom stereocenters. The van der Waals surface area contributed by atoms with Gasteiger partial charge in [-0.3, -0.25) is 9.71 Å². The van der Waals surface area contributed by atoms with Gasteiger partial charge in [0.15, 0.2) is 0 Å². The molecule has 112 valence electrons. The van der Waals surface area contributed by atoms with Crippen molar-refractivity contribution in [2.75, 3.05) is 11.8 Å². The van der Waals surface area contributed by atoms with Crippen LogP contribution in [-0.4, -0.2) is 25.6 Å². The minimum absolute atomic E-state index is 0.0540. The number of nitrogens with zero attached hydrogens (tertiary/aromatic N) is 1. The van der Waals surface area contributed by atoms with E-state index in [1.807, 2.05) is 0 Å². The van der Waals surface area contributed by atoms with Gasteiger partial charge in [0.1, 0.15) is 10.6 Å². The maximum Gasteiger partial charge on any atom is 0.265 e. The topological polar surface area (TPSA) is 88.5 Å². The van der Waals surface area contributed by atoms with Crippen LogP contribution in [-0.2, 0) is 16.6 Å². The Balaban J connectivity index is 2.51. The second-order valence-electron chi connectivity index (χ2n) is 4.10. The lowest BCUT2D eigenvalue weighted by atomic mass is 10.2. The number of methoxy groups -OCH3 is 1. The van der Waals surface area contributed by atoms with Crippen LogP contribution in [0.5, 0.6) is 5.75 Å². The minimum Gasteiger partial charge on any atom is -0.495 e. The number of aliphatic hydroxyl groups is 1. The van der Waals surface area contributed by atoms with Crippen LogP contribution in [0.2, 0.25) is 5.02 Å². The highest BCUT2D eigenvalue weighted by Crippen LogP contribution is 2.32. The molecule has 0 aliphatic rings. The Morgan fingerprint density at radius 3 is 2.76 bits per heavy atom. The van der Waals surface area contributed by atoms with Gasteiger partial charge in [0.2, 0.25) is 0 Å². The summed E-state index contributed by atoms with van der Waals surface area (Å²) in [6, 6.07) is 5.88. The summed E-state index contributed by atoms with van der Waals surface area (Å²) < 4.78 is 32.4. The smallest absolute Gasteiger partial charge is 0.265 e. The number of anilines is 1. The Labute approximate surface area is 127 Å². The van der Waals surface area contributed by atoms with Gasteiger partial charge in [0, 0.05) is 16.8 Å². The van der Waals surface area contributed by atoms with Crippen LogP contribution in [0.15, 0.2) is 41.6 Å². The SMILES string of the molecule is COc1c(CO)cc(Cl)cc1S(=O)(=O)Nc1cccnc1. The van der Waals surface area contributed by atoms with Crippen LogP contribution < -0.4 is 9.46 Å². The zero-order valence-corrected chi connectivity index (χ0v) is 12.6. The summed E-state index contributed by atoms with van der Waals surface area (Å²) in [4.78, 5) is 3.68. The largest absolute Gasteiger partial charge is 0.495 e. The van der Waals surface area contributed by atoms with Crippen molar-refractivity contribution in [3.63, 3.8) is 0 Å². The number of hydrogen-bond acceptors (Lipinski definition) is 5. The average Bonchev–Trinajstić information content (AvgIpc) is 2.46. The maximum absolute atomic E-state index is 12.4. The summed E-state index contributed by atoms with van der Waals surface area (Å²) in [5, 5.41) is 9.48. The highest BCUT2D eigenvalue weighted by molar-refractivity contribution is 7.92. The van der Waals surface area contributed by atoms with Gasteiger partial charge >= 0.3 is 0 Å². The van der Waals surface area contributed by atoms with Gasteiger partial charge in [0.05, 0.1) is 25.6 Å². The third-order valence-electron chi connectivity index (χ3n) is 2.67. The first-order valence-electron chi connectivity index (χ1n) is 5.88. The van der Waals surface area contributed by atoms with Crippen molar-refractivity contribution in [3.05, 3.63) is 47.2 Å². The molecule has 0 spiro atoms. The Morgan fingerprint density at radius 1 is 1.43 bits per heavy atom. The number of rotatable bonds is 5. The molecular weight excluding hydrogens is 316 g/mol. The highest BCUT2D eigenvalue weighted by atomic mass is 35.5. The Kier molecular flexibility index (Phi) is 4.66. The van der Waals surface area contributed by atoms with Crippen molar-refractivity contribution in [1.29, 1.82) is 0 Å². The van der Waals surface area contributed by atoms with Crippen molar-refractivity contribution >= 4 is 27.3 Å². The predicted molar refractivity (Wildman–Crippen MR) is 79.0 cm³/mol. The molecule has 1 aromatic heterocycles. The van der Waals surface area contributed by atoms with Crippen LogP contribution in [0.1, 0.15) is 5.56 Å². The first-order valence-corrected chi connectivity index (χ1v) is 7.74. The quantitative estimate of drug-likeness (QED) is 0.876. The van der Waals surface area contributed by atoms with Gasteiger partial charge in [-0.1, -0.05) is 11.6 Å². The van der Waals surface area contributed by atoms with Crippen LogP contribution in [0, 0.1) is 0 Å². The van der Waals surface area contributed by atoms with Crippen molar-refractivity contribution in [2.45, 2.75) is 11.5 Å². The molecule has 0 unspecified atom stereocenters. The number of halogens is 1. The second-order valence-corrected chi connectivity index (χ2v) is 6.19. The number of pyridine rings is 1. The van der Waals surface area contributed by atoms with Crippen molar-refractivity contribution in [3.8, 4) is 5.75 Å². The third kappa shape index (κ3) is 3.44. The molecule has 0 bridgehead atoms. The standard InChI is InChI=1S/C13H13ClN2O4S/c1-20-13-9(8-17)5-10(14)6-12(13)21(18,19)16-11-3-2-4-15-7-11/h2-7,16-17H,8H2,1H3. The zero-order valence-electron chi connectivity index (χ0n) is 11.1. The Bertz CT molecular complexity index is 735. The van der Waals surface area contributed by atoms with E-state index in [1.165, 1.54) is 31.6 Å². The fourth-order valence-corrected chi connectivity index (χ4v) is 3.39. The van der Waals surface area contributed by atoms with E-state index in [4.69, 9.17) is 16.3 Å². The summed E-state index contributed by atoms with van der Waals surface area (Å²) in [6.07, 6.45) is 2.91. The average molecular weight is 329 g/mol. The molecule has 21 heavy (non-hydrogen) atoms. The summed E-state index contributed by atoms with van der Waals surface area (Å²) in [7, 11) is -2.60. The van der Waals surface area contributed by atoms with Crippen LogP contribution in [0.4, 0.5) is 5.69 Å². The Morgan fingerprint density at radius 2 is 2.19 bits per heavy atom. The normalized spacial score (nSPS) is 11.2. The third-order valence-corrected chi connectivity index (χ3v) is 4.28. The predicted octanol–water partition coefficient (Wildman–Crippen LogP) is 2.04. The van der Waals surface area contributed by atoms with Crippen LogP contribution in [0.3, 0.4) is 0 Å². The van der Waals surface area contributed by atoms with Gasteiger partial charge in [0.25, 0.3) is 10.0 Å². The monoisotopic (exact) mass is 328 g/mol. The van der Waals surface area contributed by atoms with Crippen molar-refractivity contribution < 1.29 is 18.3 Å². The van der Waals surface area contributed by atoms with E-state index >= 15 is 0 Å². The summed E-state index contributed by atoms with van der Waals surface area (Å²) in [6.45, 7) is -0.390. The summed E-state index contributed by atoms with van der Waals surface area (Å²) >= 11 is 5.90. The van der Waals surface area contributed by atoms with Gasteiger partial charge in [-0.15, -0.1) is 0 Å². The van der Waals surface area contributed by atoms with E-state index < -0.39 is 10.0 Å². The lowest BCUT2D eigenvalue weighted by molar-refractivity contribution is 0.272. The molecule has 1 aromatic carbocycles. The molecule has 0 amide bonds. The van der Waals surface area contributed by atoms with Crippen molar-refractivity contribution in [1.82, 2.24) is 4.98 Å². The summed E-state index contributed by atoms with van der Waals surface area (Å²) in [5.74, 6) is 0.0540. The van der Waals surface area contributed by atoms with E-state index in [-0.39, 0.29) is 27.8 Å². The number of sulfonamides is 1. The molecule has 0 saturated carbocycles. The van der Waals surface area contributed by atoms with E-state index in [0.717, 1.165) is 0 Å².